The minimum atomic E-state index is -1.02. The van der Waals surface area contributed by atoms with E-state index in [2.05, 4.69) is 20.6 Å². The number of rotatable bonds is 5. The van der Waals surface area contributed by atoms with Gasteiger partial charge in [-0.2, -0.15) is 4.98 Å². The minimum absolute atomic E-state index is 0.269. The molecule has 0 radical (unpaired) electrons. The van der Waals surface area contributed by atoms with Crippen LogP contribution in [0.5, 0.6) is 5.88 Å². The molecule has 144 valence electrons. The van der Waals surface area contributed by atoms with Crippen LogP contribution in [0.3, 0.4) is 0 Å². The fourth-order valence-electron chi connectivity index (χ4n) is 2.87. The summed E-state index contributed by atoms with van der Waals surface area (Å²) >= 11 is 0.823. The fourth-order valence-corrected chi connectivity index (χ4v) is 3.54. The molecule has 0 aliphatic carbocycles. The van der Waals surface area contributed by atoms with Crippen LogP contribution in [0.2, 0.25) is 0 Å². The zero-order valence-corrected chi connectivity index (χ0v) is 15.4. The number of nitrogens with zero attached hydrogens (tertiary/aromatic N) is 3. The maximum Gasteiger partial charge on any atom is 0.404 e. The van der Waals surface area contributed by atoms with Gasteiger partial charge in [0.15, 0.2) is 0 Å². The summed E-state index contributed by atoms with van der Waals surface area (Å²) in [6.07, 6.45) is 2.13. The molecular formula is C16H19N5O5S. The van der Waals surface area contributed by atoms with E-state index in [1.807, 2.05) is 4.90 Å². The van der Waals surface area contributed by atoms with Gasteiger partial charge in [0.1, 0.15) is 0 Å². The molecule has 3 heterocycles. The van der Waals surface area contributed by atoms with E-state index in [4.69, 9.17) is 9.84 Å². The van der Waals surface area contributed by atoms with E-state index in [1.165, 1.54) is 13.2 Å². The molecule has 2 aliphatic heterocycles. The van der Waals surface area contributed by atoms with E-state index in [0.717, 1.165) is 24.6 Å². The van der Waals surface area contributed by atoms with Crippen molar-refractivity contribution in [1.29, 1.82) is 0 Å². The monoisotopic (exact) mass is 393 g/mol. The third-order valence-corrected chi connectivity index (χ3v) is 5.09. The molecule has 11 heteroatoms. The van der Waals surface area contributed by atoms with Crippen molar-refractivity contribution in [2.24, 2.45) is 5.92 Å². The quantitative estimate of drug-likeness (QED) is 0.633. The van der Waals surface area contributed by atoms with Crippen molar-refractivity contribution in [2.75, 3.05) is 31.6 Å². The Labute approximate surface area is 159 Å². The third kappa shape index (κ3) is 4.88. The van der Waals surface area contributed by atoms with Gasteiger partial charge in [0.05, 0.1) is 17.7 Å². The summed E-state index contributed by atoms with van der Waals surface area (Å²) < 4.78 is 5.23. The predicted molar refractivity (Wildman–Crippen MR) is 98.7 cm³/mol. The minimum Gasteiger partial charge on any atom is -0.481 e. The molecule has 2 aliphatic rings. The molecule has 0 aromatic carbocycles. The number of nitrogens with one attached hydrogen (secondary N) is 2. The molecule has 0 bridgehead atoms. The smallest absolute Gasteiger partial charge is 0.404 e. The lowest BCUT2D eigenvalue weighted by atomic mass is 9.97. The van der Waals surface area contributed by atoms with Gasteiger partial charge in [-0.05, 0) is 36.6 Å². The number of anilines is 1. The molecule has 27 heavy (non-hydrogen) atoms. The van der Waals surface area contributed by atoms with Crippen molar-refractivity contribution in [2.45, 2.75) is 12.8 Å². The van der Waals surface area contributed by atoms with Gasteiger partial charge in [-0.3, -0.25) is 14.9 Å². The first kappa shape index (κ1) is 19.0. The molecule has 0 spiro atoms. The zero-order chi connectivity index (χ0) is 19.4. The van der Waals surface area contributed by atoms with E-state index in [1.54, 1.807) is 6.07 Å². The van der Waals surface area contributed by atoms with E-state index >= 15 is 0 Å². The Morgan fingerprint density at radius 2 is 2.19 bits per heavy atom. The molecule has 3 N–H and O–H groups in total. The van der Waals surface area contributed by atoms with Crippen molar-refractivity contribution >= 4 is 41.0 Å². The average Bonchev–Trinajstić information content (AvgIpc) is 2.97. The van der Waals surface area contributed by atoms with Crippen LogP contribution in [0.1, 0.15) is 18.5 Å². The Bertz CT molecular complexity index is 791. The number of hydrogen-bond donors (Lipinski definition) is 3. The van der Waals surface area contributed by atoms with Crippen molar-refractivity contribution in [1.82, 2.24) is 20.6 Å². The SMILES string of the molecule is COc1cc(/C=C2/SC(=O)NC2=O)nc(N2CCC(CNC(=O)O)CC2)n1. The molecule has 0 saturated carbocycles. The van der Waals surface area contributed by atoms with Gasteiger partial charge in [-0.15, -0.1) is 0 Å². The highest BCUT2D eigenvalue weighted by Crippen LogP contribution is 2.27. The Balaban J connectivity index is 1.73. The fraction of sp³-hybridized carbons (Fsp3) is 0.438. The Hall–Kier alpha value is -2.82. The van der Waals surface area contributed by atoms with Crippen molar-refractivity contribution in [3.8, 4) is 5.88 Å². The third-order valence-electron chi connectivity index (χ3n) is 4.28. The van der Waals surface area contributed by atoms with E-state index < -0.39 is 17.2 Å². The molecule has 0 atom stereocenters. The number of carboxylic acid groups (broad SMARTS) is 1. The first-order chi connectivity index (χ1) is 12.9. The molecular weight excluding hydrogens is 374 g/mol. The van der Waals surface area contributed by atoms with Crippen molar-refractivity contribution in [3.63, 3.8) is 0 Å². The maximum atomic E-state index is 11.7. The van der Waals surface area contributed by atoms with Crippen molar-refractivity contribution < 1.29 is 24.2 Å². The number of hydrogen-bond acceptors (Lipinski definition) is 8. The highest BCUT2D eigenvalue weighted by atomic mass is 32.2. The number of thioether (sulfide) groups is 1. The number of carbonyl (C=O) groups is 3. The van der Waals surface area contributed by atoms with Crippen molar-refractivity contribution in [3.05, 3.63) is 16.7 Å². The van der Waals surface area contributed by atoms with Crippen LogP contribution in [0.25, 0.3) is 6.08 Å². The van der Waals surface area contributed by atoms with Crippen LogP contribution >= 0.6 is 11.8 Å². The number of aromatic nitrogens is 2. The molecule has 1 aromatic rings. The first-order valence-corrected chi connectivity index (χ1v) is 9.16. The maximum absolute atomic E-state index is 11.7. The Morgan fingerprint density at radius 1 is 1.44 bits per heavy atom. The summed E-state index contributed by atoms with van der Waals surface area (Å²) in [6, 6.07) is 1.59. The van der Waals surface area contributed by atoms with E-state index in [9.17, 15) is 14.4 Å². The van der Waals surface area contributed by atoms with Crippen LogP contribution in [0.15, 0.2) is 11.0 Å². The van der Waals surface area contributed by atoms with Gasteiger partial charge in [0.25, 0.3) is 11.1 Å². The van der Waals surface area contributed by atoms with E-state index in [-0.39, 0.29) is 10.8 Å². The highest BCUT2D eigenvalue weighted by molar-refractivity contribution is 8.18. The molecule has 2 fully saturated rings. The second-order valence-corrected chi connectivity index (χ2v) is 7.12. The normalized spacial score (nSPS) is 19.3. The van der Waals surface area contributed by atoms with Gasteiger partial charge in [0.2, 0.25) is 11.8 Å². The number of amides is 3. The van der Waals surface area contributed by atoms with Gasteiger partial charge >= 0.3 is 6.09 Å². The second kappa shape index (κ2) is 8.25. The van der Waals surface area contributed by atoms with Gasteiger partial charge in [-0.25, -0.2) is 9.78 Å². The van der Waals surface area contributed by atoms with Crippen LogP contribution in [-0.2, 0) is 4.79 Å². The lowest BCUT2D eigenvalue weighted by Gasteiger charge is -2.32. The second-order valence-electron chi connectivity index (χ2n) is 6.10. The summed E-state index contributed by atoms with van der Waals surface area (Å²) in [5.74, 6) is 0.654. The van der Waals surface area contributed by atoms with Crippen LogP contribution < -0.4 is 20.3 Å². The average molecular weight is 393 g/mol. The molecule has 10 nitrogen and oxygen atoms in total. The van der Waals surface area contributed by atoms with Gasteiger partial charge < -0.3 is 20.1 Å². The molecule has 3 rings (SSSR count). The number of ether oxygens (including phenoxy) is 1. The Kier molecular flexibility index (Phi) is 5.79. The predicted octanol–water partition coefficient (Wildman–Crippen LogP) is 1.29. The summed E-state index contributed by atoms with van der Waals surface area (Å²) in [6.45, 7) is 1.80. The lowest BCUT2D eigenvalue weighted by molar-refractivity contribution is -0.115. The number of imide groups is 1. The van der Waals surface area contributed by atoms with E-state index in [0.29, 0.717) is 37.2 Å². The summed E-state index contributed by atoms with van der Waals surface area (Å²) in [5.41, 5.74) is 0.471. The molecule has 3 amide bonds. The lowest BCUT2D eigenvalue weighted by Crippen LogP contribution is -2.39. The zero-order valence-electron chi connectivity index (χ0n) is 14.6. The first-order valence-electron chi connectivity index (χ1n) is 8.34. The van der Waals surface area contributed by atoms with Gasteiger partial charge in [-0.1, -0.05) is 0 Å². The summed E-state index contributed by atoms with van der Waals surface area (Å²) in [5, 5.41) is 12.9. The van der Waals surface area contributed by atoms with Crippen LogP contribution in [0.4, 0.5) is 15.5 Å². The standard InChI is InChI=1S/C16H19N5O5S/c1-26-12-7-10(6-11-13(22)20-16(25)27-11)18-14(19-12)21-4-2-9(3-5-21)8-17-15(23)24/h6-7,9,17H,2-5,8H2,1H3,(H,23,24)(H,20,22,25)/b11-6+. The van der Waals surface area contributed by atoms with Crippen LogP contribution in [-0.4, -0.2) is 59.1 Å². The molecule has 0 unspecified atom stereocenters. The number of methoxy groups -OCH3 is 1. The Morgan fingerprint density at radius 3 is 2.78 bits per heavy atom. The topological polar surface area (TPSA) is 134 Å². The number of carbonyl (C=O) groups excluding carboxylic acids is 2. The number of piperidine rings is 1. The van der Waals surface area contributed by atoms with Crippen LogP contribution in [0, 0.1) is 5.92 Å². The summed E-state index contributed by atoms with van der Waals surface area (Å²) in [7, 11) is 1.49. The highest BCUT2D eigenvalue weighted by Gasteiger charge is 2.26. The summed E-state index contributed by atoms with van der Waals surface area (Å²) in [4.78, 5) is 44.7. The molecule has 1 aromatic heterocycles. The largest absolute Gasteiger partial charge is 0.481 e. The molecule has 2 saturated heterocycles. The van der Waals surface area contributed by atoms with Gasteiger partial charge in [0, 0.05) is 25.7 Å².